The molecule has 5 heteroatoms. The van der Waals surface area contributed by atoms with Gasteiger partial charge in [-0.15, -0.1) is 0 Å². The van der Waals surface area contributed by atoms with Crippen molar-refractivity contribution in [1.82, 2.24) is 4.90 Å². The maximum absolute atomic E-state index is 13.7. The number of amides is 1. The molecule has 0 unspecified atom stereocenters. The SMILES string of the molecule is CCOC(CN(Cc1cccc2ccccc12)C(=O)[C@@H](CN)Cc1ccccc1)OCC. The van der Waals surface area contributed by atoms with Crippen LogP contribution in [0.4, 0.5) is 0 Å². The Morgan fingerprint density at radius 2 is 1.56 bits per heavy atom. The van der Waals surface area contributed by atoms with Crippen molar-refractivity contribution in [3.8, 4) is 0 Å². The standard InChI is InChI=1S/C27H34N2O3/c1-3-31-26(32-4-2)20-29(19-23-15-10-14-22-13-8-9-16-25(22)23)27(30)24(18-28)17-21-11-6-5-7-12-21/h5-16,24,26H,3-4,17-20,28H2,1-2H3/t24-/m1/s1. The van der Waals surface area contributed by atoms with E-state index < -0.39 is 6.29 Å². The molecule has 0 aliphatic carbocycles. The largest absolute Gasteiger partial charge is 0.351 e. The van der Waals surface area contributed by atoms with Gasteiger partial charge in [0, 0.05) is 26.3 Å². The Morgan fingerprint density at radius 3 is 2.25 bits per heavy atom. The van der Waals surface area contributed by atoms with Gasteiger partial charge < -0.3 is 20.1 Å². The second-order valence-electron chi connectivity index (χ2n) is 7.82. The summed E-state index contributed by atoms with van der Waals surface area (Å²) in [5.41, 5.74) is 8.28. The maximum Gasteiger partial charge on any atom is 0.227 e. The van der Waals surface area contributed by atoms with E-state index in [-0.39, 0.29) is 18.4 Å². The van der Waals surface area contributed by atoms with Crippen molar-refractivity contribution in [3.05, 3.63) is 83.9 Å². The number of hydrogen-bond donors (Lipinski definition) is 1. The van der Waals surface area contributed by atoms with Gasteiger partial charge in [0.05, 0.1) is 12.5 Å². The van der Waals surface area contributed by atoms with E-state index in [0.717, 1.165) is 21.9 Å². The molecule has 0 saturated carbocycles. The maximum atomic E-state index is 13.7. The highest BCUT2D eigenvalue weighted by molar-refractivity contribution is 5.86. The summed E-state index contributed by atoms with van der Waals surface area (Å²) in [5, 5.41) is 2.30. The first-order valence-corrected chi connectivity index (χ1v) is 11.4. The average Bonchev–Trinajstić information content (AvgIpc) is 2.83. The molecule has 3 aromatic carbocycles. The summed E-state index contributed by atoms with van der Waals surface area (Å²) in [4.78, 5) is 15.5. The van der Waals surface area contributed by atoms with Crippen LogP contribution in [0, 0.1) is 5.92 Å². The molecule has 0 radical (unpaired) electrons. The van der Waals surface area contributed by atoms with Gasteiger partial charge in [-0.1, -0.05) is 72.8 Å². The molecule has 0 heterocycles. The minimum absolute atomic E-state index is 0.0219. The topological polar surface area (TPSA) is 64.8 Å². The normalized spacial score (nSPS) is 12.2. The molecule has 3 rings (SSSR count). The number of benzene rings is 3. The Bertz CT molecular complexity index is 966. The number of hydrogen-bond acceptors (Lipinski definition) is 4. The fourth-order valence-electron chi connectivity index (χ4n) is 4.00. The number of carbonyl (C=O) groups is 1. The van der Waals surface area contributed by atoms with Crippen molar-refractivity contribution in [2.24, 2.45) is 11.7 Å². The molecule has 0 saturated heterocycles. The third-order valence-corrected chi connectivity index (χ3v) is 5.59. The van der Waals surface area contributed by atoms with Crippen molar-refractivity contribution in [2.75, 3.05) is 26.3 Å². The van der Waals surface area contributed by atoms with Gasteiger partial charge in [-0.25, -0.2) is 0 Å². The van der Waals surface area contributed by atoms with Crippen molar-refractivity contribution in [3.63, 3.8) is 0 Å². The van der Waals surface area contributed by atoms with Gasteiger partial charge in [0.25, 0.3) is 0 Å². The molecule has 170 valence electrons. The number of fused-ring (bicyclic) bond motifs is 1. The minimum Gasteiger partial charge on any atom is -0.351 e. The smallest absolute Gasteiger partial charge is 0.227 e. The van der Waals surface area contributed by atoms with Crippen molar-refractivity contribution >= 4 is 16.7 Å². The van der Waals surface area contributed by atoms with E-state index in [4.69, 9.17) is 15.2 Å². The van der Waals surface area contributed by atoms with Crippen molar-refractivity contribution in [2.45, 2.75) is 33.1 Å². The lowest BCUT2D eigenvalue weighted by Crippen LogP contribution is -2.44. The Kier molecular flexibility index (Phi) is 9.23. The Hall–Kier alpha value is -2.73. The van der Waals surface area contributed by atoms with Crippen LogP contribution in [0.15, 0.2) is 72.8 Å². The lowest BCUT2D eigenvalue weighted by atomic mass is 9.97. The molecular weight excluding hydrogens is 400 g/mol. The van der Waals surface area contributed by atoms with E-state index in [9.17, 15) is 4.79 Å². The van der Waals surface area contributed by atoms with Crippen LogP contribution in [0.5, 0.6) is 0 Å². The highest BCUT2D eigenvalue weighted by Gasteiger charge is 2.27. The third kappa shape index (κ3) is 6.39. The monoisotopic (exact) mass is 434 g/mol. The lowest BCUT2D eigenvalue weighted by Gasteiger charge is -2.31. The predicted molar refractivity (Wildman–Crippen MR) is 129 cm³/mol. The van der Waals surface area contributed by atoms with Crippen LogP contribution >= 0.6 is 0 Å². The molecule has 1 atom stereocenters. The second kappa shape index (κ2) is 12.3. The fraction of sp³-hybridized carbons (Fsp3) is 0.370. The van der Waals surface area contributed by atoms with Crippen LogP contribution in [-0.2, 0) is 27.2 Å². The first-order chi connectivity index (χ1) is 15.7. The average molecular weight is 435 g/mol. The van der Waals surface area contributed by atoms with Gasteiger partial charge in [0.15, 0.2) is 6.29 Å². The summed E-state index contributed by atoms with van der Waals surface area (Å²) in [6.45, 7) is 6.02. The van der Waals surface area contributed by atoms with Crippen LogP contribution in [0.1, 0.15) is 25.0 Å². The molecule has 0 aromatic heterocycles. The van der Waals surface area contributed by atoms with Crippen LogP contribution < -0.4 is 5.73 Å². The molecule has 5 nitrogen and oxygen atoms in total. The zero-order valence-corrected chi connectivity index (χ0v) is 19.1. The van der Waals surface area contributed by atoms with Crippen LogP contribution in [0.2, 0.25) is 0 Å². The summed E-state index contributed by atoms with van der Waals surface area (Å²) >= 11 is 0. The fourth-order valence-corrected chi connectivity index (χ4v) is 4.00. The molecule has 0 fully saturated rings. The summed E-state index contributed by atoms with van der Waals surface area (Å²) in [7, 11) is 0. The second-order valence-corrected chi connectivity index (χ2v) is 7.82. The Balaban J connectivity index is 1.88. The van der Waals surface area contributed by atoms with Gasteiger partial charge in [-0.05, 0) is 42.2 Å². The van der Waals surface area contributed by atoms with E-state index >= 15 is 0 Å². The van der Waals surface area contributed by atoms with E-state index in [2.05, 4.69) is 24.3 Å². The molecule has 3 aromatic rings. The molecular formula is C27H34N2O3. The first kappa shape index (κ1) is 23.9. The molecule has 32 heavy (non-hydrogen) atoms. The van der Waals surface area contributed by atoms with Crippen molar-refractivity contribution in [1.29, 1.82) is 0 Å². The van der Waals surface area contributed by atoms with Gasteiger partial charge in [0.2, 0.25) is 5.91 Å². The first-order valence-electron chi connectivity index (χ1n) is 11.4. The summed E-state index contributed by atoms with van der Waals surface area (Å²) in [6, 6.07) is 24.5. The summed E-state index contributed by atoms with van der Waals surface area (Å²) in [5.74, 6) is -0.287. The quantitative estimate of drug-likeness (QED) is 0.430. The molecule has 0 aliphatic rings. The van der Waals surface area contributed by atoms with Crippen LogP contribution in [-0.4, -0.2) is 43.4 Å². The third-order valence-electron chi connectivity index (χ3n) is 5.59. The number of nitrogens with two attached hydrogens (primary N) is 1. The van der Waals surface area contributed by atoms with E-state index in [0.29, 0.717) is 32.7 Å². The highest BCUT2D eigenvalue weighted by atomic mass is 16.7. The summed E-state index contributed by atoms with van der Waals surface area (Å²) in [6.07, 6.45) is 0.134. The van der Waals surface area contributed by atoms with E-state index in [1.54, 1.807) is 0 Å². The van der Waals surface area contributed by atoms with E-state index in [1.807, 2.05) is 67.3 Å². The predicted octanol–water partition coefficient (Wildman–Crippen LogP) is 4.39. The van der Waals surface area contributed by atoms with Gasteiger partial charge in [-0.2, -0.15) is 0 Å². The minimum atomic E-state index is -0.473. The zero-order chi connectivity index (χ0) is 22.8. The van der Waals surface area contributed by atoms with Gasteiger partial charge >= 0.3 is 0 Å². The summed E-state index contributed by atoms with van der Waals surface area (Å²) < 4.78 is 11.5. The Labute approximate surface area is 191 Å². The van der Waals surface area contributed by atoms with Crippen molar-refractivity contribution < 1.29 is 14.3 Å². The molecule has 0 aliphatic heterocycles. The Morgan fingerprint density at radius 1 is 0.906 bits per heavy atom. The molecule has 0 spiro atoms. The van der Waals surface area contributed by atoms with Gasteiger partial charge in [-0.3, -0.25) is 4.79 Å². The highest BCUT2D eigenvalue weighted by Crippen LogP contribution is 2.22. The molecule has 2 N–H and O–H groups in total. The lowest BCUT2D eigenvalue weighted by molar-refractivity contribution is -0.162. The number of nitrogens with zero attached hydrogens (tertiary/aromatic N) is 1. The molecule has 1 amide bonds. The number of carbonyl (C=O) groups excluding carboxylic acids is 1. The zero-order valence-electron chi connectivity index (χ0n) is 19.1. The molecule has 0 bridgehead atoms. The number of rotatable bonds is 12. The van der Waals surface area contributed by atoms with Crippen LogP contribution in [0.25, 0.3) is 10.8 Å². The number of ether oxygens (including phenoxy) is 2. The van der Waals surface area contributed by atoms with Gasteiger partial charge in [0.1, 0.15) is 0 Å². The van der Waals surface area contributed by atoms with Crippen LogP contribution in [0.3, 0.4) is 0 Å². The van der Waals surface area contributed by atoms with E-state index in [1.165, 1.54) is 0 Å².